The second-order valence-corrected chi connectivity index (χ2v) is 2.89. The minimum atomic E-state index is -0.292. The molecule has 0 saturated heterocycles. The standard InChI is InChI=1S/C9H16N4O2/c1-2-4-12-8(14)6-11-7-9(15)13-5-3-10/h11H,2,4-7H2,1H3,(H,12,14)(H,13,15). The van der Waals surface area contributed by atoms with Crippen LogP contribution in [0.3, 0.4) is 0 Å². The fourth-order valence-electron chi connectivity index (χ4n) is 0.817. The fourth-order valence-corrected chi connectivity index (χ4v) is 0.817. The molecule has 0 aromatic carbocycles. The van der Waals surface area contributed by atoms with Crippen LogP contribution in [0.4, 0.5) is 0 Å². The lowest BCUT2D eigenvalue weighted by atomic mass is 10.4. The summed E-state index contributed by atoms with van der Waals surface area (Å²) in [5.74, 6) is -0.426. The monoisotopic (exact) mass is 212 g/mol. The van der Waals surface area contributed by atoms with Crippen LogP contribution >= 0.6 is 0 Å². The first-order valence-corrected chi connectivity index (χ1v) is 4.81. The molecule has 0 radical (unpaired) electrons. The molecule has 0 aromatic rings. The van der Waals surface area contributed by atoms with Gasteiger partial charge in [0.25, 0.3) is 0 Å². The Morgan fingerprint density at radius 3 is 2.33 bits per heavy atom. The zero-order valence-electron chi connectivity index (χ0n) is 8.80. The van der Waals surface area contributed by atoms with E-state index in [1.54, 1.807) is 6.07 Å². The van der Waals surface area contributed by atoms with Crippen LogP contribution in [0.15, 0.2) is 0 Å². The van der Waals surface area contributed by atoms with Gasteiger partial charge in [0.2, 0.25) is 11.8 Å². The Bertz CT molecular complexity index is 247. The van der Waals surface area contributed by atoms with Crippen LogP contribution in [0.1, 0.15) is 13.3 Å². The smallest absolute Gasteiger partial charge is 0.234 e. The van der Waals surface area contributed by atoms with Crippen LogP contribution in [0.5, 0.6) is 0 Å². The first-order valence-electron chi connectivity index (χ1n) is 4.81. The highest BCUT2D eigenvalue weighted by molar-refractivity contribution is 5.81. The van der Waals surface area contributed by atoms with Crippen molar-refractivity contribution in [3.63, 3.8) is 0 Å². The van der Waals surface area contributed by atoms with Crippen molar-refractivity contribution in [3.05, 3.63) is 0 Å². The minimum absolute atomic E-state index is 0.0114. The molecular formula is C9H16N4O2. The molecule has 2 amide bonds. The fraction of sp³-hybridized carbons (Fsp3) is 0.667. The van der Waals surface area contributed by atoms with Gasteiger partial charge < -0.3 is 10.6 Å². The van der Waals surface area contributed by atoms with Crippen LogP contribution in [-0.4, -0.2) is 38.0 Å². The number of nitrogens with zero attached hydrogens (tertiary/aromatic N) is 1. The van der Waals surface area contributed by atoms with E-state index in [9.17, 15) is 9.59 Å². The number of carbonyl (C=O) groups excluding carboxylic acids is 2. The van der Waals surface area contributed by atoms with Gasteiger partial charge >= 0.3 is 0 Å². The van der Waals surface area contributed by atoms with E-state index >= 15 is 0 Å². The van der Waals surface area contributed by atoms with E-state index in [1.807, 2.05) is 6.92 Å². The molecule has 0 aromatic heterocycles. The molecule has 0 aliphatic carbocycles. The van der Waals surface area contributed by atoms with Crippen LogP contribution in [0, 0.1) is 11.3 Å². The molecule has 0 aliphatic rings. The third-order valence-corrected chi connectivity index (χ3v) is 1.51. The molecule has 0 unspecified atom stereocenters. The number of nitrogens with one attached hydrogen (secondary N) is 3. The number of hydrogen-bond acceptors (Lipinski definition) is 4. The molecular weight excluding hydrogens is 196 g/mol. The van der Waals surface area contributed by atoms with Crippen molar-refractivity contribution in [2.24, 2.45) is 0 Å². The van der Waals surface area contributed by atoms with Crippen LogP contribution in [0.2, 0.25) is 0 Å². The zero-order valence-corrected chi connectivity index (χ0v) is 8.80. The highest BCUT2D eigenvalue weighted by Gasteiger charge is 2.02. The zero-order chi connectivity index (χ0) is 11.5. The second kappa shape index (κ2) is 8.97. The van der Waals surface area contributed by atoms with Crippen LogP contribution < -0.4 is 16.0 Å². The van der Waals surface area contributed by atoms with E-state index < -0.39 is 0 Å². The molecule has 0 heterocycles. The average Bonchev–Trinajstić information content (AvgIpc) is 2.23. The van der Waals surface area contributed by atoms with Crippen molar-refractivity contribution in [2.45, 2.75) is 13.3 Å². The third-order valence-electron chi connectivity index (χ3n) is 1.51. The van der Waals surface area contributed by atoms with E-state index in [-0.39, 0.29) is 31.4 Å². The van der Waals surface area contributed by atoms with Crippen LogP contribution in [0.25, 0.3) is 0 Å². The maximum atomic E-state index is 11.0. The van der Waals surface area contributed by atoms with E-state index in [1.165, 1.54) is 0 Å². The van der Waals surface area contributed by atoms with Crippen molar-refractivity contribution in [1.82, 2.24) is 16.0 Å². The summed E-state index contributed by atoms with van der Waals surface area (Å²) in [6.45, 7) is 2.74. The van der Waals surface area contributed by atoms with E-state index in [0.29, 0.717) is 6.54 Å². The quantitative estimate of drug-likeness (QED) is 0.459. The SMILES string of the molecule is CCCNC(=O)CNCC(=O)NCC#N. The summed E-state index contributed by atoms with van der Waals surface area (Å²) in [5.41, 5.74) is 0. The Balaban J connectivity index is 3.40. The maximum absolute atomic E-state index is 11.0. The number of hydrogen-bond donors (Lipinski definition) is 3. The Hall–Kier alpha value is -1.61. The number of nitriles is 1. The molecule has 6 heteroatoms. The Labute approximate surface area is 89.0 Å². The molecule has 0 atom stereocenters. The molecule has 15 heavy (non-hydrogen) atoms. The van der Waals surface area contributed by atoms with Crippen molar-refractivity contribution in [2.75, 3.05) is 26.2 Å². The molecule has 0 bridgehead atoms. The summed E-state index contributed by atoms with van der Waals surface area (Å²) in [5, 5.41) is 15.9. The summed E-state index contributed by atoms with van der Waals surface area (Å²) >= 11 is 0. The van der Waals surface area contributed by atoms with Gasteiger partial charge in [0, 0.05) is 6.54 Å². The molecule has 6 nitrogen and oxygen atoms in total. The lowest BCUT2D eigenvalue weighted by molar-refractivity contribution is -0.121. The summed E-state index contributed by atoms with van der Waals surface area (Å²) in [6.07, 6.45) is 0.883. The van der Waals surface area contributed by atoms with E-state index in [2.05, 4.69) is 16.0 Å². The first-order chi connectivity index (χ1) is 7.20. The van der Waals surface area contributed by atoms with Gasteiger partial charge in [-0.15, -0.1) is 0 Å². The molecule has 0 aliphatic heterocycles. The van der Waals surface area contributed by atoms with Crippen molar-refractivity contribution >= 4 is 11.8 Å². The summed E-state index contributed by atoms with van der Waals surface area (Å²) in [4.78, 5) is 22.0. The number of carbonyl (C=O) groups is 2. The van der Waals surface area contributed by atoms with Crippen molar-refractivity contribution < 1.29 is 9.59 Å². The van der Waals surface area contributed by atoms with Crippen molar-refractivity contribution in [3.8, 4) is 6.07 Å². The average molecular weight is 212 g/mol. The second-order valence-electron chi connectivity index (χ2n) is 2.89. The lowest BCUT2D eigenvalue weighted by Gasteiger charge is -2.05. The first kappa shape index (κ1) is 13.4. The van der Waals surface area contributed by atoms with Crippen LogP contribution in [-0.2, 0) is 9.59 Å². The highest BCUT2D eigenvalue weighted by atomic mass is 16.2. The van der Waals surface area contributed by atoms with Gasteiger partial charge in [-0.05, 0) is 6.42 Å². The molecule has 0 spiro atoms. The minimum Gasteiger partial charge on any atom is -0.355 e. The summed E-state index contributed by atoms with van der Waals surface area (Å²) < 4.78 is 0. The van der Waals surface area contributed by atoms with Gasteiger partial charge in [0.1, 0.15) is 6.54 Å². The normalized spacial score (nSPS) is 9.07. The van der Waals surface area contributed by atoms with Gasteiger partial charge in [0.05, 0.1) is 19.2 Å². The Morgan fingerprint density at radius 2 is 1.80 bits per heavy atom. The number of rotatable bonds is 7. The maximum Gasteiger partial charge on any atom is 0.234 e. The van der Waals surface area contributed by atoms with Crippen molar-refractivity contribution in [1.29, 1.82) is 5.26 Å². The number of amides is 2. The molecule has 84 valence electrons. The predicted octanol–water partition coefficient (Wildman–Crippen LogP) is -1.26. The summed E-state index contributed by atoms with van der Waals surface area (Å²) in [7, 11) is 0. The van der Waals surface area contributed by atoms with Gasteiger partial charge in [-0.25, -0.2) is 0 Å². The third kappa shape index (κ3) is 8.71. The predicted molar refractivity (Wildman–Crippen MR) is 54.8 cm³/mol. The largest absolute Gasteiger partial charge is 0.355 e. The highest BCUT2D eigenvalue weighted by Crippen LogP contribution is 1.71. The molecule has 3 N–H and O–H groups in total. The lowest BCUT2D eigenvalue weighted by Crippen LogP contribution is -2.39. The summed E-state index contributed by atoms with van der Waals surface area (Å²) in [6, 6.07) is 1.79. The molecule has 0 fully saturated rings. The molecule has 0 rings (SSSR count). The molecule has 0 saturated carbocycles. The van der Waals surface area contributed by atoms with Gasteiger partial charge in [-0.2, -0.15) is 5.26 Å². The Morgan fingerprint density at radius 1 is 1.20 bits per heavy atom. The van der Waals surface area contributed by atoms with Gasteiger partial charge in [-0.1, -0.05) is 6.92 Å². The van der Waals surface area contributed by atoms with E-state index in [4.69, 9.17) is 5.26 Å². The topological polar surface area (TPSA) is 94.0 Å². The van der Waals surface area contributed by atoms with E-state index in [0.717, 1.165) is 6.42 Å². The van der Waals surface area contributed by atoms with Gasteiger partial charge in [0.15, 0.2) is 0 Å². The van der Waals surface area contributed by atoms with Gasteiger partial charge in [-0.3, -0.25) is 14.9 Å². The Kier molecular flexibility index (Phi) is 8.00.